The third kappa shape index (κ3) is 4.56. The van der Waals surface area contributed by atoms with Crippen molar-refractivity contribution < 1.29 is 9.47 Å². The standard InChI is InChI=1S/C15H22N2O2/c16-15(17)12-6-8-14(9-7-12)19-11-10-18-13-4-2-1-3-5-13/h6-9,13H,1-5,10-11H2,(H3,16,17). The molecule has 1 saturated carbocycles. The van der Waals surface area contributed by atoms with Crippen molar-refractivity contribution in [3.8, 4) is 5.75 Å². The molecule has 0 unspecified atom stereocenters. The van der Waals surface area contributed by atoms with Crippen LogP contribution in [0.1, 0.15) is 37.7 Å². The molecule has 0 aromatic heterocycles. The Balaban J connectivity index is 1.66. The number of rotatable bonds is 6. The van der Waals surface area contributed by atoms with Gasteiger partial charge in [0.15, 0.2) is 0 Å². The van der Waals surface area contributed by atoms with Crippen LogP contribution in [0.5, 0.6) is 5.75 Å². The predicted molar refractivity (Wildman–Crippen MR) is 75.8 cm³/mol. The van der Waals surface area contributed by atoms with E-state index in [-0.39, 0.29) is 5.84 Å². The number of amidine groups is 1. The summed E-state index contributed by atoms with van der Waals surface area (Å²) >= 11 is 0. The number of nitrogens with two attached hydrogens (primary N) is 1. The average Bonchev–Trinajstić information content (AvgIpc) is 2.45. The van der Waals surface area contributed by atoms with Gasteiger partial charge in [0.05, 0.1) is 12.7 Å². The summed E-state index contributed by atoms with van der Waals surface area (Å²) in [5, 5.41) is 7.30. The third-order valence-corrected chi connectivity index (χ3v) is 3.42. The maximum atomic E-state index is 7.30. The van der Waals surface area contributed by atoms with E-state index in [0.717, 1.165) is 5.75 Å². The fraction of sp³-hybridized carbons (Fsp3) is 0.533. The van der Waals surface area contributed by atoms with E-state index >= 15 is 0 Å². The Morgan fingerprint density at radius 2 is 1.79 bits per heavy atom. The minimum absolute atomic E-state index is 0.0761. The molecule has 0 saturated heterocycles. The first-order valence-corrected chi connectivity index (χ1v) is 6.94. The zero-order chi connectivity index (χ0) is 13.5. The monoisotopic (exact) mass is 262 g/mol. The average molecular weight is 262 g/mol. The fourth-order valence-corrected chi connectivity index (χ4v) is 2.34. The molecule has 0 amide bonds. The van der Waals surface area contributed by atoms with Gasteiger partial charge in [-0.25, -0.2) is 0 Å². The summed E-state index contributed by atoms with van der Waals surface area (Å²) < 4.78 is 11.4. The van der Waals surface area contributed by atoms with Crippen LogP contribution >= 0.6 is 0 Å². The van der Waals surface area contributed by atoms with E-state index in [9.17, 15) is 0 Å². The summed E-state index contributed by atoms with van der Waals surface area (Å²) in [4.78, 5) is 0. The molecule has 1 aromatic carbocycles. The van der Waals surface area contributed by atoms with Gasteiger partial charge >= 0.3 is 0 Å². The Hall–Kier alpha value is -1.55. The highest BCUT2D eigenvalue weighted by molar-refractivity contribution is 5.94. The summed E-state index contributed by atoms with van der Waals surface area (Å²) in [5.74, 6) is 0.865. The van der Waals surface area contributed by atoms with Gasteiger partial charge in [-0.1, -0.05) is 19.3 Å². The highest BCUT2D eigenvalue weighted by Gasteiger charge is 2.13. The summed E-state index contributed by atoms with van der Waals surface area (Å²) in [6.07, 6.45) is 6.73. The molecule has 4 nitrogen and oxygen atoms in total. The van der Waals surface area contributed by atoms with E-state index in [1.165, 1.54) is 32.1 Å². The highest BCUT2D eigenvalue weighted by atomic mass is 16.5. The lowest BCUT2D eigenvalue weighted by molar-refractivity contribution is 0.0129. The minimum atomic E-state index is 0.0761. The molecule has 1 aromatic rings. The number of hydrogen-bond donors (Lipinski definition) is 2. The molecule has 0 bridgehead atoms. The number of nitrogen functional groups attached to an aromatic ring is 1. The van der Waals surface area contributed by atoms with Crippen LogP contribution in [0.25, 0.3) is 0 Å². The first-order valence-electron chi connectivity index (χ1n) is 6.94. The molecule has 0 atom stereocenters. The van der Waals surface area contributed by atoms with Crippen LogP contribution in [0.4, 0.5) is 0 Å². The van der Waals surface area contributed by atoms with Crippen molar-refractivity contribution in [2.24, 2.45) is 5.73 Å². The van der Waals surface area contributed by atoms with Crippen LogP contribution in [0.2, 0.25) is 0 Å². The topological polar surface area (TPSA) is 68.3 Å². The molecule has 0 heterocycles. The van der Waals surface area contributed by atoms with Gasteiger partial charge in [0.2, 0.25) is 0 Å². The molecular formula is C15H22N2O2. The molecule has 1 aliphatic carbocycles. The zero-order valence-corrected chi connectivity index (χ0v) is 11.2. The van der Waals surface area contributed by atoms with Crippen molar-refractivity contribution in [2.75, 3.05) is 13.2 Å². The molecular weight excluding hydrogens is 240 g/mol. The first kappa shape index (κ1) is 13.9. The van der Waals surface area contributed by atoms with Gasteiger partial charge in [-0.15, -0.1) is 0 Å². The van der Waals surface area contributed by atoms with Crippen LogP contribution < -0.4 is 10.5 Å². The second-order valence-corrected chi connectivity index (χ2v) is 4.92. The first-order chi connectivity index (χ1) is 9.25. The molecule has 1 fully saturated rings. The van der Waals surface area contributed by atoms with E-state index in [4.69, 9.17) is 20.6 Å². The van der Waals surface area contributed by atoms with Crippen molar-refractivity contribution in [3.05, 3.63) is 29.8 Å². The Morgan fingerprint density at radius 1 is 1.11 bits per heavy atom. The van der Waals surface area contributed by atoms with Crippen molar-refractivity contribution in [3.63, 3.8) is 0 Å². The number of hydrogen-bond acceptors (Lipinski definition) is 3. The molecule has 1 aliphatic rings. The Bertz CT molecular complexity index is 397. The third-order valence-electron chi connectivity index (χ3n) is 3.42. The van der Waals surface area contributed by atoms with Crippen molar-refractivity contribution >= 4 is 5.84 Å². The molecule has 3 N–H and O–H groups in total. The highest BCUT2D eigenvalue weighted by Crippen LogP contribution is 2.20. The van der Waals surface area contributed by atoms with Gasteiger partial charge in [-0.2, -0.15) is 0 Å². The summed E-state index contributed by atoms with van der Waals surface area (Å²) in [5.41, 5.74) is 6.10. The fourth-order valence-electron chi connectivity index (χ4n) is 2.34. The molecule has 4 heteroatoms. The molecule has 0 spiro atoms. The van der Waals surface area contributed by atoms with Crippen LogP contribution in [-0.4, -0.2) is 25.2 Å². The summed E-state index contributed by atoms with van der Waals surface area (Å²) in [6.45, 7) is 1.20. The maximum absolute atomic E-state index is 7.30. The van der Waals surface area contributed by atoms with Gasteiger partial charge in [0.25, 0.3) is 0 Å². The van der Waals surface area contributed by atoms with Gasteiger partial charge in [-0.3, -0.25) is 5.41 Å². The molecule has 0 aliphatic heterocycles. The SMILES string of the molecule is N=C(N)c1ccc(OCCOC2CCCCC2)cc1. The molecule has 104 valence electrons. The Kier molecular flexibility index (Phi) is 5.21. The van der Waals surface area contributed by atoms with Gasteiger partial charge in [-0.05, 0) is 37.1 Å². The molecule has 19 heavy (non-hydrogen) atoms. The van der Waals surface area contributed by atoms with Crippen molar-refractivity contribution in [1.82, 2.24) is 0 Å². The van der Waals surface area contributed by atoms with E-state index in [1.54, 1.807) is 12.1 Å². The van der Waals surface area contributed by atoms with E-state index in [0.29, 0.717) is 24.9 Å². The van der Waals surface area contributed by atoms with E-state index in [1.807, 2.05) is 12.1 Å². The summed E-state index contributed by atoms with van der Waals surface area (Å²) in [7, 11) is 0. The van der Waals surface area contributed by atoms with Crippen molar-refractivity contribution in [1.29, 1.82) is 5.41 Å². The largest absolute Gasteiger partial charge is 0.491 e. The predicted octanol–water partition coefficient (Wildman–Crippen LogP) is 2.70. The number of nitrogens with one attached hydrogen (secondary N) is 1. The van der Waals surface area contributed by atoms with Gasteiger partial charge in [0, 0.05) is 5.56 Å². The minimum Gasteiger partial charge on any atom is -0.491 e. The number of ether oxygens (including phenoxy) is 2. The molecule has 2 rings (SSSR count). The smallest absolute Gasteiger partial charge is 0.122 e. The van der Waals surface area contributed by atoms with Gasteiger partial charge < -0.3 is 15.2 Å². The van der Waals surface area contributed by atoms with E-state index in [2.05, 4.69) is 0 Å². The molecule has 0 radical (unpaired) electrons. The van der Waals surface area contributed by atoms with E-state index < -0.39 is 0 Å². The Morgan fingerprint density at radius 3 is 2.42 bits per heavy atom. The number of benzene rings is 1. The van der Waals surface area contributed by atoms with Crippen molar-refractivity contribution in [2.45, 2.75) is 38.2 Å². The maximum Gasteiger partial charge on any atom is 0.122 e. The van der Waals surface area contributed by atoms with Crippen LogP contribution in [-0.2, 0) is 4.74 Å². The lowest BCUT2D eigenvalue weighted by Gasteiger charge is -2.21. The van der Waals surface area contributed by atoms with Crippen LogP contribution in [0.3, 0.4) is 0 Å². The van der Waals surface area contributed by atoms with Crippen LogP contribution in [0, 0.1) is 5.41 Å². The summed E-state index contributed by atoms with van der Waals surface area (Å²) in [6, 6.07) is 7.24. The van der Waals surface area contributed by atoms with Gasteiger partial charge in [0.1, 0.15) is 18.2 Å². The normalized spacial score (nSPS) is 16.2. The second-order valence-electron chi connectivity index (χ2n) is 4.92. The quantitative estimate of drug-likeness (QED) is 0.470. The zero-order valence-electron chi connectivity index (χ0n) is 11.2. The Labute approximate surface area is 114 Å². The lowest BCUT2D eigenvalue weighted by atomic mass is 9.98. The van der Waals surface area contributed by atoms with Crippen LogP contribution in [0.15, 0.2) is 24.3 Å². The lowest BCUT2D eigenvalue weighted by Crippen LogP contribution is -2.19. The second kappa shape index (κ2) is 7.14.